The van der Waals surface area contributed by atoms with Crippen LogP contribution in [0.5, 0.6) is 0 Å². The van der Waals surface area contributed by atoms with Crippen LogP contribution in [0, 0.1) is 5.92 Å². The Hall–Kier alpha value is -0.830. The fourth-order valence-electron chi connectivity index (χ4n) is 2.19. The maximum atomic E-state index is 11.0. The molecule has 0 bridgehead atoms. The van der Waals surface area contributed by atoms with Crippen LogP contribution in [0.1, 0.15) is 39.5 Å². The molecule has 2 atom stereocenters. The zero-order valence-corrected chi connectivity index (χ0v) is 8.79. The summed E-state index contributed by atoms with van der Waals surface area (Å²) in [6.07, 6.45) is 4.60. The summed E-state index contributed by atoms with van der Waals surface area (Å²) in [7, 11) is 0. The minimum Gasteiger partial charge on any atom is -0.481 e. The predicted octanol–water partition coefficient (Wildman–Crippen LogP) is 1.96. The van der Waals surface area contributed by atoms with Crippen LogP contribution < -0.4 is 0 Å². The van der Waals surface area contributed by atoms with Crippen molar-refractivity contribution in [1.29, 1.82) is 0 Å². The molecule has 1 aliphatic rings. The van der Waals surface area contributed by atoms with E-state index in [2.05, 4.69) is 0 Å². The largest absolute Gasteiger partial charge is 0.481 e. The summed E-state index contributed by atoms with van der Waals surface area (Å²) < 4.78 is 0. The van der Waals surface area contributed by atoms with Gasteiger partial charge in [0.2, 0.25) is 0 Å². The summed E-state index contributed by atoms with van der Waals surface area (Å²) in [5.74, 6) is -1.53. The smallest absolute Gasteiger partial charge is 0.309 e. The van der Waals surface area contributed by atoms with Crippen molar-refractivity contribution in [3.05, 3.63) is 11.6 Å². The zero-order chi connectivity index (χ0) is 10.8. The highest BCUT2D eigenvalue weighted by atomic mass is 16.4. The number of hydrogen-bond acceptors (Lipinski definition) is 2. The molecule has 1 aliphatic carbocycles. The Balaban J connectivity index is 2.87. The molecule has 0 aliphatic heterocycles. The first-order chi connectivity index (χ1) is 6.52. The van der Waals surface area contributed by atoms with E-state index in [1.165, 1.54) is 0 Å². The van der Waals surface area contributed by atoms with E-state index in [0.29, 0.717) is 12.8 Å². The van der Waals surface area contributed by atoms with E-state index >= 15 is 0 Å². The monoisotopic (exact) mass is 198 g/mol. The standard InChI is InChI=1S/C11H18O3/c1-3-5-9(10(12)13)11(14)7-4-6-8(11)2/h6,9,14H,3-5,7H2,1-2H3,(H,12,13). The second-order valence-electron chi connectivity index (χ2n) is 4.03. The quantitative estimate of drug-likeness (QED) is 0.679. The van der Waals surface area contributed by atoms with Crippen molar-refractivity contribution < 1.29 is 15.0 Å². The van der Waals surface area contributed by atoms with Crippen LogP contribution >= 0.6 is 0 Å². The lowest BCUT2D eigenvalue weighted by molar-refractivity contribution is -0.150. The van der Waals surface area contributed by atoms with Crippen LogP contribution in [0.3, 0.4) is 0 Å². The maximum absolute atomic E-state index is 11.0. The molecule has 80 valence electrons. The third-order valence-corrected chi connectivity index (χ3v) is 3.11. The van der Waals surface area contributed by atoms with Gasteiger partial charge in [0.05, 0.1) is 11.5 Å². The van der Waals surface area contributed by atoms with Gasteiger partial charge < -0.3 is 10.2 Å². The van der Waals surface area contributed by atoms with Crippen molar-refractivity contribution >= 4 is 5.97 Å². The molecule has 14 heavy (non-hydrogen) atoms. The van der Waals surface area contributed by atoms with Crippen molar-refractivity contribution in [3.63, 3.8) is 0 Å². The van der Waals surface area contributed by atoms with Gasteiger partial charge in [-0.25, -0.2) is 0 Å². The topological polar surface area (TPSA) is 57.5 Å². The molecule has 0 saturated heterocycles. The van der Waals surface area contributed by atoms with Gasteiger partial charge >= 0.3 is 5.97 Å². The fraction of sp³-hybridized carbons (Fsp3) is 0.727. The third kappa shape index (κ3) is 1.82. The van der Waals surface area contributed by atoms with E-state index in [-0.39, 0.29) is 0 Å². The molecule has 0 amide bonds. The number of rotatable bonds is 4. The summed E-state index contributed by atoms with van der Waals surface area (Å²) >= 11 is 0. The first-order valence-electron chi connectivity index (χ1n) is 5.14. The molecule has 1 rings (SSSR count). The van der Waals surface area contributed by atoms with Gasteiger partial charge in [-0.2, -0.15) is 0 Å². The predicted molar refractivity (Wildman–Crippen MR) is 54.0 cm³/mol. The van der Waals surface area contributed by atoms with Gasteiger partial charge in [0.25, 0.3) is 0 Å². The van der Waals surface area contributed by atoms with E-state index in [4.69, 9.17) is 5.11 Å². The van der Waals surface area contributed by atoms with Crippen LogP contribution in [0.2, 0.25) is 0 Å². The Morgan fingerprint density at radius 2 is 2.36 bits per heavy atom. The summed E-state index contributed by atoms with van der Waals surface area (Å²) in [5.41, 5.74) is -0.277. The highest BCUT2D eigenvalue weighted by molar-refractivity contribution is 5.72. The summed E-state index contributed by atoms with van der Waals surface area (Å²) in [6, 6.07) is 0. The van der Waals surface area contributed by atoms with Gasteiger partial charge in [0, 0.05) is 0 Å². The number of carboxylic acids is 1. The molecule has 0 aromatic carbocycles. The van der Waals surface area contributed by atoms with Crippen LogP contribution in [0.25, 0.3) is 0 Å². The Morgan fingerprint density at radius 1 is 1.71 bits per heavy atom. The highest BCUT2D eigenvalue weighted by Crippen LogP contribution is 2.38. The average Bonchev–Trinajstić information content (AvgIpc) is 2.43. The molecule has 0 saturated carbocycles. The van der Waals surface area contributed by atoms with Crippen molar-refractivity contribution in [2.75, 3.05) is 0 Å². The van der Waals surface area contributed by atoms with Crippen molar-refractivity contribution in [2.24, 2.45) is 5.92 Å². The highest BCUT2D eigenvalue weighted by Gasteiger charge is 2.43. The number of hydrogen-bond donors (Lipinski definition) is 2. The van der Waals surface area contributed by atoms with Gasteiger partial charge in [-0.15, -0.1) is 0 Å². The lowest BCUT2D eigenvalue weighted by Crippen LogP contribution is -2.41. The third-order valence-electron chi connectivity index (χ3n) is 3.11. The van der Waals surface area contributed by atoms with E-state index in [9.17, 15) is 9.90 Å². The van der Waals surface area contributed by atoms with Crippen molar-refractivity contribution in [2.45, 2.75) is 45.1 Å². The zero-order valence-electron chi connectivity index (χ0n) is 8.79. The number of aliphatic hydroxyl groups is 1. The van der Waals surface area contributed by atoms with E-state index in [1.54, 1.807) is 0 Å². The molecular formula is C11H18O3. The fourth-order valence-corrected chi connectivity index (χ4v) is 2.19. The molecule has 3 heteroatoms. The molecule has 0 fully saturated rings. The van der Waals surface area contributed by atoms with E-state index in [0.717, 1.165) is 18.4 Å². The first-order valence-corrected chi connectivity index (χ1v) is 5.14. The lowest BCUT2D eigenvalue weighted by atomic mass is 9.80. The summed E-state index contributed by atoms with van der Waals surface area (Å²) in [6.45, 7) is 3.76. The normalized spacial score (nSPS) is 28.6. The first kappa shape index (κ1) is 11.2. The number of aliphatic carboxylic acids is 1. The SMILES string of the molecule is CCCC(C(=O)O)C1(O)CCC=C1C. The second kappa shape index (κ2) is 4.13. The molecule has 0 aromatic rings. The average molecular weight is 198 g/mol. The second-order valence-corrected chi connectivity index (χ2v) is 4.03. The van der Waals surface area contributed by atoms with Crippen molar-refractivity contribution in [1.82, 2.24) is 0 Å². The van der Waals surface area contributed by atoms with Gasteiger partial charge in [0.15, 0.2) is 0 Å². The lowest BCUT2D eigenvalue weighted by Gasteiger charge is -2.31. The van der Waals surface area contributed by atoms with Gasteiger partial charge in [-0.05, 0) is 31.8 Å². The maximum Gasteiger partial charge on any atom is 0.309 e. The molecule has 2 unspecified atom stereocenters. The Bertz CT molecular complexity index is 257. The molecule has 0 spiro atoms. The number of carboxylic acid groups (broad SMARTS) is 1. The van der Waals surface area contributed by atoms with Crippen LogP contribution in [-0.4, -0.2) is 21.8 Å². The summed E-state index contributed by atoms with van der Waals surface area (Å²) in [4.78, 5) is 11.0. The molecule has 3 nitrogen and oxygen atoms in total. The van der Waals surface area contributed by atoms with Gasteiger partial charge in [-0.1, -0.05) is 19.4 Å². The Morgan fingerprint density at radius 3 is 2.71 bits per heavy atom. The molecule has 0 radical (unpaired) electrons. The van der Waals surface area contributed by atoms with Gasteiger partial charge in [-0.3, -0.25) is 4.79 Å². The van der Waals surface area contributed by atoms with Crippen LogP contribution in [0.4, 0.5) is 0 Å². The number of allylic oxidation sites excluding steroid dienone is 1. The Kier molecular flexibility index (Phi) is 3.32. The molecule has 0 heterocycles. The minimum atomic E-state index is -1.10. The van der Waals surface area contributed by atoms with Crippen LogP contribution in [0.15, 0.2) is 11.6 Å². The Labute approximate surface area is 84.4 Å². The van der Waals surface area contributed by atoms with Crippen LogP contribution in [-0.2, 0) is 4.79 Å². The number of carbonyl (C=O) groups is 1. The minimum absolute atomic E-state index is 0.539. The van der Waals surface area contributed by atoms with Gasteiger partial charge in [0.1, 0.15) is 0 Å². The molecule has 0 aromatic heterocycles. The molecule has 2 N–H and O–H groups in total. The van der Waals surface area contributed by atoms with E-state index in [1.807, 2.05) is 19.9 Å². The summed E-state index contributed by atoms with van der Waals surface area (Å²) in [5, 5.41) is 19.3. The molecular weight excluding hydrogens is 180 g/mol. The van der Waals surface area contributed by atoms with E-state index < -0.39 is 17.5 Å². The van der Waals surface area contributed by atoms with Crippen molar-refractivity contribution in [3.8, 4) is 0 Å².